The molecule has 3 aromatic carbocycles. The zero-order valence-electron chi connectivity index (χ0n) is 17.9. The molecule has 0 N–H and O–H groups in total. The average Bonchev–Trinajstić information content (AvgIpc) is 3.30. The summed E-state index contributed by atoms with van der Waals surface area (Å²) >= 11 is 0. The number of aromatic nitrogens is 2. The van der Waals surface area contributed by atoms with Crippen LogP contribution in [0.15, 0.2) is 77.3 Å². The van der Waals surface area contributed by atoms with Gasteiger partial charge in [-0.3, -0.25) is 0 Å². The number of rotatable bonds is 8. The fourth-order valence-electron chi connectivity index (χ4n) is 3.16. The van der Waals surface area contributed by atoms with Gasteiger partial charge in [0.15, 0.2) is 11.5 Å². The van der Waals surface area contributed by atoms with Crippen molar-refractivity contribution in [2.24, 2.45) is 0 Å². The third-order valence-electron chi connectivity index (χ3n) is 4.88. The van der Waals surface area contributed by atoms with Crippen LogP contribution in [0.1, 0.15) is 0 Å². The summed E-state index contributed by atoms with van der Waals surface area (Å²) in [6.45, 7) is 1.40. The number of benzene rings is 3. The summed E-state index contributed by atoms with van der Waals surface area (Å²) in [5, 5.41) is 4.14. The zero-order valence-corrected chi connectivity index (χ0v) is 17.9. The van der Waals surface area contributed by atoms with E-state index >= 15 is 0 Å². The van der Waals surface area contributed by atoms with Crippen LogP contribution >= 0.6 is 0 Å². The van der Waals surface area contributed by atoms with Gasteiger partial charge in [0.25, 0.3) is 5.89 Å². The van der Waals surface area contributed by atoms with E-state index in [1.54, 1.807) is 7.11 Å². The summed E-state index contributed by atoms with van der Waals surface area (Å²) in [7, 11) is 5.63. The lowest BCUT2D eigenvalue weighted by molar-refractivity contribution is 0.251. The minimum Gasteiger partial charge on any atom is -0.493 e. The second kappa shape index (κ2) is 9.45. The minimum absolute atomic E-state index is 0.472. The maximum Gasteiger partial charge on any atom is 0.258 e. The van der Waals surface area contributed by atoms with Crippen molar-refractivity contribution in [3.63, 3.8) is 0 Å². The SMILES string of the molecule is COc1cc(-c2noc(-c3ccc(-c4ccccc4)cc3)n2)ccc1OCCN(C)C. The van der Waals surface area contributed by atoms with Gasteiger partial charge in [0.05, 0.1) is 7.11 Å². The molecule has 0 aliphatic carbocycles. The van der Waals surface area contributed by atoms with E-state index in [1.807, 2.05) is 62.6 Å². The fourth-order valence-corrected chi connectivity index (χ4v) is 3.16. The highest BCUT2D eigenvalue weighted by Gasteiger charge is 2.14. The summed E-state index contributed by atoms with van der Waals surface area (Å²) in [6, 6.07) is 23.9. The summed E-state index contributed by atoms with van der Waals surface area (Å²) in [6.07, 6.45) is 0. The van der Waals surface area contributed by atoms with Crippen molar-refractivity contribution in [1.82, 2.24) is 15.0 Å². The largest absolute Gasteiger partial charge is 0.493 e. The van der Waals surface area contributed by atoms with Crippen LogP contribution in [0.4, 0.5) is 0 Å². The number of hydrogen-bond acceptors (Lipinski definition) is 6. The zero-order chi connectivity index (χ0) is 21.6. The highest BCUT2D eigenvalue weighted by molar-refractivity contribution is 5.68. The van der Waals surface area contributed by atoms with E-state index in [0.717, 1.165) is 23.2 Å². The Balaban J connectivity index is 1.52. The van der Waals surface area contributed by atoms with Crippen molar-refractivity contribution in [1.29, 1.82) is 0 Å². The topological polar surface area (TPSA) is 60.6 Å². The van der Waals surface area contributed by atoms with Crippen molar-refractivity contribution in [2.45, 2.75) is 0 Å². The quantitative estimate of drug-likeness (QED) is 0.403. The maximum atomic E-state index is 5.82. The molecule has 0 amide bonds. The minimum atomic E-state index is 0.472. The number of ether oxygens (including phenoxy) is 2. The molecule has 0 fully saturated rings. The summed E-state index contributed by atoms with van der Waals surface area (Å²) in [5.74, 6) is 2.29. The van der Waals surface area contributed by atoms with Crippen molar-refractivity contribution >= 4 is 0 Å². The van der Waals surface area contributed by atoms with Gasteiger partial charge in [0, 0.05) is 17.7 Å². The molecule has 0 spiro atoms. The molecule has 0 aliphatic heterocycles. The van der Waals surface area contributed by atoms with Gasteiger partial charge in [-0.1, -0.05) is 47.6 Å². The van der Waals surface area contributed by atoms with Crippen molar-refractivity contribution in [3.8, 4) is 45.5 Å². The summed E-state index contributed by atoms with van der Waals surface area (Å²) in [4.78, 5) is 6.63. The van der Waals surface area contributed by atoms with E-state index in [9.17, 15) is 0 Å². The van der Waals surface area contributed by atoms with E-state index in [1.165, 1.54) is 5.56 Å². The molecule has 0 unspecified atom stereocenters. The van der Waals surface area contributed by atoms with Crippen LogP contribution in [-0.2, 0) is 0 Å². The molecule has 4 aromatic rings. The Morgan fingerprint density at radius 2 is 1.48 bits per heavy atom. The first-order valence-electron chi connectivity index (χ1n) is 10.1. The second-order valence-electron chi connectivity index (χ2n) is 7.38. The van der Waals surface area contributed by atoms with Crippen LogP contribution < -0.4 is 9.47 Å². The van der Waals surface area contributed by atoms with Gasteiger partial charge in [0.1, 0.15) is 6.61 Å². The van der Waals surface area contributed by atoms with Crippen LogP contribution in [0.5, 0.6) is 11.5 Å². The number of methoxy groups -OCH3 is 1. The maximum absolute atomic E-state index is 5.82. The molecular weight excluding hydrogens is 390 g/mol. The number of nitrogens with zero attached hydrogens (tertiary/aromatic N) is 3. The molecule has 6 nitrogen and oxygen atoms in total. The number of likely N-dealkylation sites (N-methyl/N-ethyl adjacent to an activating group) is 1. The van der Waals surface area contributed by atoms with Crippen molar-refractivity contribution in [3.05, 3.63) is 72.8 Å². The molecule has 158 valence electrons. The molecule has 1 heterocycles. The number of hydrogen-bond donors (Lipinski definition) is 0. The first-order chi connectivity index (χ1) is 15.1. The normalized spacial score (nSPS) is 11.0. The fraction of sp³-hybridized carbons (Fsp3) is 0.200. The van der Waals surface area contributed by atoms with Gasteiger partial charge < -0.3 is 18.9 Å². The summed E-state index contributed by atoms with van der Waals surface area (Å²) < 4.78 is 16.8. The van der Waals surface area contributed by atoms with Crippen LogP contribution in [0.2, 0.25) is 0 Å². The van der Waals surface area contributed by atoms with E-state index in [4.69, 9.17) is 14.0 Å². The Morgan fingerprint density at radius 3 is 2.19 bits per heavy atom. The molecule has 1 aromatic heterocycles. The van der Waals surface area contributed by atoms with Crippen LogP contribution in [-0.4, -0.2) is 49.4 Å². The lowest BCUT2D eigenvalue weighted by Crippen LogP contribution is -2.19. The highest BCUT2D eigenvalue weighted by atomic mass is 16.5. The monoisotopic (exact) mass is 415 g/mol. The third-order valence-corrected chi connectivity index (χ3v) is 4.88. The highest BCUT2D eigenvalue weighted by Crippen LogP contribution is 2.32. The molecule has 0 radical (unpaired) electrons. The molecule has 31 heavy (non-hydrogen) atoms. The van der Waals surface area contributed by atoms with E-state index in [-0.39, 0.29) is 0 Å². The standard InChI is InChI=1S/C25H25N3O3/c1-28(2)15-16-30-22-14-13-21(17-23(22)29-3)24-26-25(31-27-24)20-11-9-19(10-12-20)18-7-5-4-6-8-18/h4-14,17H,15-16H2,1-3H3. The van der Waals surface area contributed by atoms with E-state index < -0.39 is 0 Å². The second-order valence-corrected chi connectivity index (χ2v) is 7.38. The van der Waals surface area contributed by atoms with Crippen LogP contribution in [0.3, 0.4) is 0 Å². The van der Waals surface area contributed by atoms with Gasteiger partial charge in [0.2, 0.25) is 5.82 Å². The molecule has 0 saturated heterocycles. The Bertz CT molecular complexity index is 1120. The first kappa shape index (κ1) is 20.6. The lowest BCUT2D eigenvalue weighted by atomic mass is 10.0. The molecule has 4 rings (SSSR count). The third kappa shape index (κ3) is 4.92. The Kier molecular flexibility index (Phi) is 6.29. The van der Waals surface area contributed by atoms with Crippen LogP contribution in [0, 0.1) is 0 Å². The predicted octanol–water partition coefficient (Wildman–Crippen LogP) is 5.02. The van der Waals surface area contributed by atoms with Crippen molar-refractivity contribution < 1.29 is 14.0 Å². The average molecular weight is 415 g/mol. The molecule has 0 saturated carbocycles. The molecular formula is C25H25N3O3. The van der Waals surface area contributed by atoms with Gasteiger partial charge in [-0.15, -0.1) is 0 Å². The smallest absolute Gasteiger partial charge is 0.258 e. The van der Waals surface area contributed by atoms with Gasteiger partial charge in [-0.2, -0.15) is 4.98 Å². The molecule has 6 heteroatoms. The van der Waals surface area contributed by atoms with Gasteiger partial charge >= 0.3 is 0 Å². The molecule has 0 aliphatic rings. The Morgan fingerprint density at radius 1 is 0.806 bits per heavy atom. The molecule has 0 atom stereocenters. The summed E-state index contributed by atoms with van der Waals surface area (Å²) in [5.41, 5.74) is 3.97. The molecule has 0 bridgehead atoms. The lowest BCUT2D eigenvalue weighted by Gasteiger charge is -2.13. The van der Waals surface area contributed by atoms with Crippen molar-refractivity contribution in [2.75, 3.05) is 34.4 Å². The van der Waals surface area contributed by atoms with Gasteiger partial charge in [-0.05, 0) is 55.6 Å². The van der Waals surface area contributed by atoms with E-state index in [0.29, 0.717) is 29.8 Å². The van der Waals surface area contributed by atoms with Crippen LogP contribution in [0.25, 0.3) is 34.0 Å². The predicted molar refractivity (Wildman–Crippen MR) is 121 cm³/mol. The first-order valence-corrected chi connectivity index (χ1v) is 10.1. The Labute approximate surface area is 182 Å². The Hall–Kier alpha value is -3.64. The van der Waals surface area contributed by atoms with E-state index in [2.05, 4.69) is 39.3 Å². The van der Waals surface area contributed by atoms with Gasteiger partial charge in [-0.25, -0.2) is 0 Å².